The minimum absolute atomic E-state index is 0.350. The first-order valence-electron chi connectivity index (χ1n) is 8.27. The molecule has 0 aliphatic rings. The van der Waals surface area contributed by atoms with Gasteiger partial charge < -0.3 is 4.79 Å². The van der Waals surface area contributed by atoms with Gasteiger partial charge in [-0.3, -0.25) is 4.98 Å². The molecule has 126 valence electrons. The third kappa shape index (κ3) is 3.22. The molecule has 2 aromatic carbocycles. The van der Waals surface area contributed by atoms with E-state index in [1.807, 2.05) is 56.3 Å². The number of pyridine rings is 1. The Morgan fingerprint density at radius 1 is 1.00 bits per heavy atom. The first-order chi connectivity index (χ1) is 12.1. The summed E-state index contributed by atoms with van der Waals surface area (Å²) in [4.78, 5) is 16.1. The molecule has 1 heterocycles. The van der Waals surface area contributed by atoms with Gasteiger partial charge in [0.15, 0.2) is 0 Å². The summed E-state index contributed by atoms with van der Waals surface area (Å²) < 4.78 is 0. The maximum Gasteiger partial charge on any atom is 0.121 e. The molecule has 1 aromatic heterocycles. The Bertz CT molecular complexity index is 892. The minimum Gasteiger partial charge on any atom is -0.303 e. The predicted octanol–water partition coefficient (Wildman–Crippen LogP) is 5.28. The van der Waals surface area contributed by atoms with E-state index in [1.165, 1.54) is 0 Å². The molecular formula is C22H20ClNO. The number of halogens is 1. The van der Waals surface area contributed by atoms with Crippen LogP contribution in [0.3, 0.4) is 0 Å². The van der Waals surface area contributed by atoms with Crippen molar-refractivity contribution < 1.29 is 4.79 Å². The Balaban J connectivity index is 2.39. The van der Waals surface area contributed by atoms with Gasteiger partial charge in [0.05, 0.1) is 5.41 Å². The summed E-state index contributed by atoms with van der Waals surface area (Å²) in [6.45, 7) is 4.01. The quantitative estimate of drug-likeness (QED) is 0.587. The van der Waals surface area contributed by atoms with Crippen LogP contribution < -0.4 is 0 Å². The molecule has 0 amide bonds. The molecule has 0 N–H and O–H groups in total. The van der Waals surface area contributed by atoms with Crippen LogP contribution >= 0.6 is 11.6 Å². The lowest BCUT2D eigenvalue weighted by Gasteiger charge is -2.35. The summed E-state index contributed by atoms with van der Waals surface area (Å²) in [5.74, 6) is 0. The van der Waals surface area contributed by atoms with Gasteiger partial charge in [-0.2, -0.15) is 0 Å². The molecule has 3 aromatic rings. The number of rotatable bonds is 5. The van der Waals surface area contributed by atoms with E-state index in [1.54, 1.807) is 6.20 Å². The molecule has 25 heavy (non-hydrogen) atoms. The molecule has 3 rings (SSSR count). The zero-order valence-electron chi connectivity index (χ0n) is 14.4. The van der Waals surface area contributed by atoms with Crippen molar-refractivity contribution >= 4 is 17.9 Å². The van der Waals surface area contributed by atoms with E-state index in [4.69, 9.17) is 11.6 Å². The van der Waals surface area contributed by atoms with Crippen molar-refractivity contribution in [3.05, 3.63) is 99.8 Å². The van der Waals surface area contributed by atoms with Gasteiger partial charge in [-0.05, 0) is 60.4 Å². The van der Waals surface area contributed by atoms with E-state index in [0.29, 0.717) is 11.4 Å². The molecule has 1 atom stereocenters. The summed E-state index contributed by atoms with van der Waals surface area (Å²) in [7, 11) is 0. The SMILES string of the molecule is Cc1cc([C@](CC=O)(c2ccccc2)c2ccc(Cl)cc2C)ccn1. The average molecular weight is 350 g/mol. The molecule has 0 bridgehead atoms. The monoisotopic (exact) mass is 349 g/mol. The number of nitrogens with zero attached hydrogens (tertiary/aromatic N) is 1. The number of aromatic nitrogens is 1. The Kier molecular flexibility index (Phi) is 5.00. The standard InChI is InChI=1S/C22H20ClNO/c1-16-14-20(23)8-9-21(16)22(11-13-25,18-6-4-3-5-7-18)19-10-12-24-17(2)15-19/h3-10,12-15H,11H2,1-2H3/t22-/m0/s1. The minimum atomic E-state index is -0.564. The fourth-order valence-corrected chi connectivity index (χ4v) is 3.81. The van der Waals surface area contributed by atoms with Gasteiger partial charge in [-0.1, -0.05) is 48.0 Å². The number of hydrogen-bond acceptors (Lipinski definition) is 2. The number of aryl methyl sites for hydroxylation is 2. The van der Waals surface area contributed by atoms with Crippen LogP contribution in [0.2, 0.25) is 5.02 Å². The zero-order chi connectivity index (χ0) is 17.9. The molecule has 0 saturated carbocycles. The van der Waals surface area contributed by atoms with Gasteiger partial charge in [0.1, 0.15) is 6.29 Å². The van der Waals surface area contributed by atoms with Gasteiger partial charge in [0.25, 0.3) is 0 Å². The van der Waals surface area contributed by atoms with Crippen LogP contribution in [-0.2, 0) is 10.2 Å². The fraction of sp³-hybridized carbons (Fsp3) is 0.182. The molecule has 0 radical (unpaired) electrons. The van der Waals surface area contributed by atoms with Gasteiger partial charge >= 0.3 is 0 Å². The lowest BCUT2D eigenvalue weighted by atomic mass is 9.66. The van der Waals surface area contributed by atoms with Crippen molar-refractivity contribution in [2.75, 3.05) is 0 Å². The molecule has 3 heteroatoms. The lowest BCUT2D eigenvalue weighted by molar-refractivity contribution is -0.108. The third-order valence-electron chi connectivity index (χ3n) is 4.69. The number of hydrogen-bond donors (Lipinski definition) is 0. The van der Waals surface area contributed by atoms with Gasteiger partial charge in [-0.15, -0.1) is 0 Å². The topological polar surface area (TPSA) is 30.0 Å². The van der Waals surface area contributed by atoms with Crippen molar-refractivity contribution in [2.45, 2.75) is 25.7 Å². The van der Waals surface area contributed by atoms with Crippen molar-refractivity contribution in [1.29, 1.82) is 0 Å². The fourth-order valence-electron chi connectivity index (χ4n) is 3.59. The molecule has 0 spiro atoms. The summed E-state index contributed by atoms with van der Waals surface area (Å²) in [6.07, 6.45) is 3.15. The van der Waals surface area contributed by atoms with Crippen LogP contribution in [0, 0.1) is 13.8 Å². The van der Waals surface area contributed by atoms with Crippen LogP contribution in [0.25, 0.3) is 0 Å². The molecular weight excluding hydrogens is 330 g/mol. The largest absolute Gasteiger partial charge is 0.303 e. The van der Waals surface area contributed by atoms with Crippen LogP contribution in [0.4, 0.5) is 0 Å². The number of carbonyl (C=O) groups is 1. The number of carbonyl (C=O) groups excluding carboxylic acids is 1. The van der Waals surface area contributed by atoms with E-state index in [0.717, 1.165) is 34.2 Å². The Labute approximate surface area is 153 Å². The second-order valence-electron chi connectivity index (χ2n) is 6.29. The van der Waals surface area contributed by atoms with Crippen LogP contribution in [0.1, 0.15) is 34.4 Å². The van der Waals surface area contributed by atoms with E-state index in [-0.39, 0.29) is 0 Å². The molecule has 2 nitrogen and oxygen atoms in total. The maximum absolute atomic E-state index is 11.8. The van der Waals surface area contributed by atoms with Crippen LogP contribution in [0.5, 0.6) is 0 Å². The lowest BCUT2D eigenvalue weighted by Crippen LogP contribution is -2.31. The Hall–Kier alpha value is -2.45. The Morgan fingerprint density at radius 2 is 1.76 bits per heavy atom. The van der Waals surface area contributed by atoms with E-state index in [9.17, 15) is 4.79 Å². The van der Waals surface area contributed by atoms with E-state index >= 15 is 0 Å². The number of aldehydes is 1. The average Bonchev–Trinajstić information content (AvgIpc) is 2.61. The highest BCUT2D eigenvalue weighted by Crippen LogP contribution is 2.43. The summed E-state index contributed by atoms with van der Waals surface area (Å²) in [6, 6.07) is 20.1. The van der Waals surface area contributed by atoms with Crippen molar-refractivity contribution in [3.63, 3.8) is 0 Å². The van der Waals surface area contributed by atoms with E-state index < -0.39 is 5.41 Å². The summed E-state index contributed by atoms with van der Waals surface area (Å²) in [5.41, 5.74) is 4.65. The van der Waals surface area contributed by atoms with E-state index in [2.05, 4.69) is 23.2 Å². The molecule has 0 unspecified atom stereocenters. The second-order valence-corrected chi connectivity index (χ2v) is 6.72. The first kappa shape index (κ1) is 17.4. The molecule has 0 aliphatic heterocycles. The van der Waals surface area contributed by atoms with Gasteiger partial charge in [0, 0.05) is 23.3 Å². The van der Waals surface area contributed by atoms with Crippen molar-refractivity contribution in [1.82, 2.24) is 4.98 Å². The van der Waals surface area contributed by atoms with Crippen molar-refractivity contribution in [3.8, 4) is 0 Å². The third-order valence-corrected chi connectivity index (χ3v) is 4.93. The highest BCUT2D eigenvalue weighted by Gasteiger charge is 2.37. The zero-order valence-corrected chi connectivity index (χ0v) is 15.1. The molecule has 0 saturated heterocycles. The summed E-state index contributed by atoms with van der Waals surface area (Å²) in [5, 5.41) is 0.695. The highest BCUT2D eigenvalue weighted by atomic mass is 35.5. The summed E-state index contributed by atoms with van der Waals surface area (Å²) >= 11 is 6.18. The van der Waals surface area contributed by atoms with Gasteiger partial charge in [0.2, 0.25) is 0 Å². The molecule has 0 fully saturated rings. The normalized spacial score (nSPS) is 13.2. The van der Waals surface area contributed by atoms with Crippen molar-refractivity contribution in [2.24, 2.45) is 0 Å². The highest BCUT2D eigenvalue weighted by molar-refractivity contribution is 6.30. The second kappa shape index (κ2) is 7.20. The molecule has 0 aliphatic carbocycles. The first-order valence-corrected chi connectivity index (χ1v) is 8.64. The number of benzene rings is 2. The van der Waals surface area contributed by atoms with Crippen LogP contribution in [0.15, 0.2) is 66.9 Å². The van der Waals surface area contributed by atoms with Crippen LogP contribution in [-0.4, -0.2) is 11.3 Å². The van der Waals surface area contributed by atoms with Gasteiger partial charge in [-0.25, -0.2) is 0 Å². The Morgan fingerprint density at radius 3 is 2.40 bits per heavy atom. The maximum atomic E-state index is 11.8. The predicted molar refractivity (Wildman–Crippen MR) is 102 cm³/mol. The smallest absolute Gasteiger partial charge is 0.121 e.